The van der Waals surface area contributed by atoms with Gasteiger partial charge in [0.1, 0.15) is 6.73 Å². The molecule has 1 aliphatic carbocycles. The van der Waals surface area contributed by atoms with Crippen molar-refractivity contribution in [3.63, 3.8) is 0 Å². The Hall–Kier alpha value is -3.77. The Bertz CT molecular complexity index is 1300. The van der Waals surface area contributed by atoms with Crippen LogP contribution in [0.3, 0.4) is 0 Å². The Morgan fingerprint density at radius 3 is 2.61 bits per heavy atom. The van der Waals surface area contributed by atoms with Crippen LogP contribution in [0.25, 0.3) is 16.5 Å². The van der Waals surface area contributed by atoms with E-state index < -0.39 is 11.3 Å². The number of carbonyl (C=O) groups is 2. The first-order chi connectivity index (χ1) is 16.0. The molecule has 1 N–H and O–H groups in total. The number of carbonyl (C=O) groups excluding carboxylic acids is 2. The maximum Gasteiger partial charge on any atom is 0.259 e. The predicted molar refractivity (Wildman–Crippen MR) is 128 cm³/mol. The number of nitrogens with zero attached hydrogens (tertiary/aromatic N) is 2. The van der Waals surface area contributed by atoms with Gasteiger partial charge in [-0.2, -0.15) is 0 Å². The molecule has 0 unspecified atom stereocenters. The number of aromatic nitrogens is 1. The minimum absolute atomic E-state index is 0.134. The lowest BCUT2D eigenvalue weighted by Crippen LogP contribution is -2.37. The number of anilines is 1. The molecule has 0 saturated carbocycles. The molecule has 1 fully saturated rings. The van der Waals surface area contributed by atoms with Crippen molar-refractivity contribution in [1.82, 2.24) is 9.88 Å². The Labute approximate surface area is 192 Å². The third-order valence-electron chi connectivity index (χ3n) is 6.10. The minimum Gasteiger partial charge on any atom is -0.359 e. The topological polar surface area (TPSA) is 71.5 Å². The Balaban J connectivity index is 1.56. The maximum atomic E-state index is 13.8. The average Bonchev–Trinajstić information content (AvgIpc) is 3.35. The van der Waals surface area contributed by atoms with Gasteiger partial charge in [0.05, 0.1) is 29.1 Å². The van der Waals surface area contributed by atoms with Crippen molar-refractivity contribution in [2.75, 3.05) is 25.2 Å². The molecule has 0 bridgehead atoms. The van der Waals surface area contributed by atoms with Crippen molar-refractivity contribution < 1.29 is 14.3 Å². The Morgan fingerprint density at radius 1 is 1.06 bits per heavy atom. The van der Waals surface area contributed by atoms with Gasteiger partial charge >= 0.3 is 0 Å². The van der Waals surface area contributed by atoms with Gasteiger partial charge in [-0.1, -0.05) is 68.5 Å². The monoisotopic (exact) mass is 439 g/mol. The SMILES string of the molecule is CC1(C)C=C(C(=O)Nc2cccc3cccnc23)C(=O)C(N2CCOC2)=C1c1ccccc1. The van der Waals surface area contributed by atoms with Crippen LogP contribution < -0.4 is 5.32 Å². The third kappa shape index (κ3) is 3.83. The van der Waals surface area contributed by atoms with E-state index in [1.807, 2.05) is 73.3 Å². The van der Waals surface area contributed by atoms with Crippen LogP contribution in [0.4, 0.5) is 5.69 Å². The normalized spacial score (nSPS) is 17.9. The first-order valence-corrected chi connectivity index (χ1v) is 11.0. The molecule has 6 nitrogen and oxygen atoms in total. The number of allylic oxidation sites excluding steroid dienone is 3. The minimum atomic E-state index is -0.545. The second kappa shape index (κ2) is 8.30. The standard InChI is InChI=1S/C27H25N3O3/c1-27(2)16-20(26(32)29-21-12-6-10-19-11-7-13-28-23(19)21)25(31)24(30-14-15-33-17-30)22(27)18-8-4-3-5-9-18/h3-13,16H,14-15,17H2,1-2H3,(H,29,32). The van der Waals surface area contributed by atoms with Crippen LogP contribution in [-0.2, 0) is 14.3 Å². The van der Waals surface area contributed by atoms with E-state index >= 15 is 0 Å². The van der Waals surface area contributed by atoms with Gasteiger partial charge in [-0.15, -0.1) is 0 Å². The molecule has 5 rings (SSSR count). The van der Waals surface area contributed by atoms with Crippen LogP contribution in [0.2, 0.25) is 0 Å². The van der Waals surface area contributed by atoms with Gasteiger partial charge in [-0.25, -0.2) is 0 Å². The highest BCUT2D eigenvalue weighted by molar-refractivity contribution is 6.31. The lowest BCUT2D eigenvalue weighted by atomic mass is 9.72. The molecule has 0 spiro atoms. The Kier molecular flexibility index (Phi) is 5.30. The van der Waals surface area contributed by atoms with Gasteiger partial charge in [0, 0.05) is 23.5 Å². The van der Waals surface area contributed by atoms with E-state index in [4.69, 9.17) is 4.74 Å². The zero-order chi connectivity index (χ0) is 23.0. The third-order valence-corrected chi connectivity index (χ3v) is 6.10. The summed E-state index contributed by atoms with van der Waals surface area (Å²) in [6.45, 7) is 5.55. The lowest BCUT2D eigenvalue weighted by molar-refractivity contribution is -0.119. The van der Waals surface area contributed by atoms with Crippen LogP contribution in [0, 0.1) is 5.41 Å². The van der Waals surface area contributed by atoms with Gasteiger partial charge < -0.3 is 15.0 Å². The summed E-state index contributed by atoms with van der Waals surface area (Å²) in [6, 6.07) is 19.3. The van der Waals surface area contributed by atoms with E-state index in [1.54, 1.807) is 18.3 Å². The number of amides is 1. The van der Waals surface area contributed by atoms with Gasteiger partial charge in [0.25, 0.3) is 5.91 Å². The van der Waals surface area contributed by atoms with Crippen molar-refractivity contribution in [2.45, 2.75) is 13.8 Å². The molecule has 1 aliphatic heterocycles. The molecule has 33 heavy (non-hydrogen) atoms. The molecule has 0 atom stereocenters. The quantitative estimate of drug-likeness (QED) is 0.610. The number of fused-ring (bicyclic) bond motifs is 1. The zero-order valence-corrected chi connectivity index (χ0v) is 18.7. The molecule has 2 aromatic carbocycles. The van der Waals surface area contributed by atoms with Gasteiger partial charge in [0.15, 0.2) is 0 Å². The summed E-state index contributed by atoms with van der Waals surface area (Å²) in [5.74, 6) is -0.722. The van der Waals surface area contributed by atoms with E-state index in [0.717, 1.165) is 16.5 Å². The molecule has 166 valence electrons. The number of hydrogen-bond acceptors (Lipinski definition) is 5. The summed E-state index contributed by atoms with van der Waals surface area (Å²) in [5.41, 5.74) is 3.26. The van der Waals surface area contributed by atoms with Crippen molar-refractivity contribution in [1.29, 1.82) is 0 Å². The fraction of sp³-hybridized carbons (Fsp3) is 0.222. The first-order valence-electron chi connectivity index (χ1n) is 11.0. The van der Waals surface area contributed by atoms with Crippen molar-refractivity contribution in [2.24, 2.45) is 5.41 Å². The lowest BCUT2D eigenvalue weighted by Gasteiger charge is -2.35. The molecule has 1 aromatic heterocycles. The molecule has 2 heterocycles. The summed E-state index contributed by atoms with van der Waals surface area (Å²) in [7, 11) is 0. The van der Waals surface area contributed by atoms with Crippen molar-refractivity contribution in [3.8, 4) is 0 Å². The van der Waals surface area contributed by atoms with Gasteiger partial charge in [-0.05, 0) is 23.3 Å². The number of pyridine rings is 1. The van der Waals surface area contributed by atoms with E-state index in [9.17, 15) is 9.59 Å². The second-order valence-corrected chi connectivity index (χ2v) is 8.83. The predicted octanol–water partition coefficient (Wildman–Crippen LogP) is 4.41. The number of nitrogens with one attached hydrogen (secondary N) is 1. The Morgan fingerprint density at radius 2 is 1.85 bits per heavy atom. The van der Waals surface area contributed by atoms with E-state index in [0.29, 0.717) is 36.8 Å². The van der Waals surface area contributed by atoms with Crippen LogP contribution >= 0.6 is 0 Å². The molecule has 2 aliphatic rings. The van der Waals surface area contributed by atoms with Crippen molar-refractivity contribution >= 4 is 33.9 Å². The van der Waals surface area contributed by atoms with Gasteiger partial charge in [-0.3, -0.25) is 14.6 Å². The summed E-state index contributed by atoms with van der Waals surface area (Å²) < 4.78 is 5.56. The van der Waals surface area contributed by atoms with E-state index in [-0.39, 0.29) is 11.4 Å². The fourth-order valence-corrected chi connectivity index (χ4v) is 4.61. The average molecular weight is 440 g/mol. The fourth-order valence-electron chi connectivity index (χ4n) is 4.61. The summed E-state index contributed by atoms with van der Waals surface area (Å²) in [6.07, 6.45) is 3.47. The first kappa shape index (κ1) is 21.1. The summed E-state index contributed by atoms with van der Waals surface area (Å²) in [4.78, 5) is 33.5. The van der Waals surface area contributed by atoms with Crippen LogP contribution in [0.15, 0.2) is 84.2 Å². The summed E-state index contributed by atoms with van der Waals surface area (Å²) >= 11 is 0. The number of benzene rings is 2. The molecular formula is C27H25N3O3. The smallest absolute Gasteiger partial charge is 0.259 e. The molecule has 3 aromatic rings. The number of ketones is 1. The molecule has 1 amide bonds. The zero-order valence-electron chi connectivity index (χ0n) is 18.7. The van der Waals surface area contributed by atoms with Crippen LogP contribution in [0.5, 0.6) is 0 Å². The molecular weight excluding hydrogens is 414 g/mol. The van der Waals surface area contributed by atoms with Gasteiger partial charge in [0.2, 0.25) is 5.78 Å². The molecule has 6 heteroatoms. The van der Waals surface area contributed by atoms with Crippen molar-refractivity contribution in [3.05, 3.63) is 89.8 Å². The maximum absolute atomic E-state index is 13.8. The number of hydrogen-bond donors (Lipinski definition) is 1. The molecule has 1 saturated heterocycles. The number of para-hydroxylation sites is 1. The number of ether oxygens (including phenoxy) is 1. The second-order valence-electron chi connectivity index (χ2n) is 8.83. The number of rotatable bonds is 4. The summed E-state index contributed by atoms with van der Waals surface area (Å²) in [5, 5.41) is 3.84. The number of Topliss-reactive ketones (excluding diaryl/α,β-unsaturated/α-hetero) is 1. The highest BCUT2D eigenvalue weighted by Gasteiger charge is 2.40. The van der Waals surface area contributed by atoms with Crippen LogP contribution in [-0.4, -0.2) is 41.5 Å². The highest BCUT2D eigenvalue weighted by atomic mass is 16.5. The van der Waals surface area contributed by atoms with E-state index in [2.05, 4.69) is 10.3 Å². The van der Waals surface area contributed by atoms with Crippen LogP contribution in [0.1, 0.15) is 19.4 Å². The highest BCUT2D eigenvalue weighted by Crippen LogP contribution is 2.44. The van der Waals surface area contributed by atoms with E-state index in [1.165, 1.54) is 0 Å². The molecule has 0 radical (unpaired) electrons. The largest absolute Gasteiger partial charge is 0.359 e.